The van der Waals surface area contributed by atoms with E-state index in [4.69, 9.17) is 0 Å². The van der Waals surface area contributed by atoms with Crippen molar-refractivity contribution in [2.45, 2.75) is 58.3 Å². The Kier molecular flexibility index (Phi) is 6.58. The van der Waals surface area contributed by atoms with Gasteiger partial charge >= 0.3 is 6.03 Å². The number of anilines is 1. The van der Waals surface area contributed by atoms with Gasteiger partial charge in [-0.25, -0.2) is 4.79 Å². The number of amides is 2. The summed E-state index contributed by atoms with van der Waals surface area (Å²) in [5, 5.41) is 5.91. The molecule has 0 radical (unpaired) electrons. The second kappa shape index (κ2) is 8.71. The minimum atomic E-state index is -0.0816. The van der Waals surface area contributed by atoms with Crippen LogP contribution in [0.4, 0.5) is 10.5 Å². The highest BCUT2D eigenvalue weighted by Crippen LogP contribution is 2.22. The molecule has 2 N–H and O–H groups in total. The zero-order valence-corrected chi connectivity index (χ0v) is 13.2. The molecule has 3 nitrogen and oxygen atoms in total. The van der Waals surface area contributed by atoms with Crippen molar-refractivity contribution in [3.63, 3.8) is 0 Å². The minimum absolute atomic E-state index is 0.0816. The molecule has 1 aliphatic carbocycles. The van der Waals surface area contributed by atoms with Gasteiger partial charge in [-0.15, -0.1) is 0 Å². The van der Waals surface area contributed by atoms with Gasteiger partial charge < -0.3 is 10.6 Å². The van der Waals surface area contributed by atoms with Crippen LogP contribution < -0.4 is 10.6 Å². The maximum atomic E-state index is 11.9. The molecule has 1 fully saturated rings. The summed E-state index contributed by atoms with van der Waals surface area (Å²) in [7, 11) is 0. The molecule has 1 aromatic rings. The van der Waals surface area contributed by atoms with Gasteiger partial charge in [0.15, 0.2) is 0 Å². The van der Waals surface area contributed by atoms with E-state index >= 15 is 0 Å². The summed E-state index contributed by atoms with van der Waals surface area (Å²) in [6.07, 6.45) is 10.0. The summed E-state index contributed by atoms with van der Waals surface area (Å²) in [6.45, 7) is 3.01. The van der Waals surface area contributed by atoms with Crippen molar-refractivity contribution >= 4 is 11.7 Å². The summed E-state index contributed by atoms with van der Waals surface area (Å²) in [6, 6.07) is 8.11. The van der Waals surface area contributed by atoms with Crippen LogP contribution in [0, 0.1) is 5.92 Å². The van der Waals surface area contributed by atoms with E-state index in [9.17, 15) is 4.79 Å². The van der Waals surface area contributed by atoms with E-state index in [1.807, 2.05) is 12.1 Å². The molecular formula is C18H28N2O. The Bertz CT molecular complexity index is 421. The first-order valence-corrected chi connectivity index (χ1v) is 8.41. The van der Waals surface area contributed by atoms with Gasteiger partial charge in [0.1, 0.15) is 0 Å². The third-order valence-electron chi connectivity index (χ3n) is 4.31. The highest BCUT2D eigenvalue weighted by Gasteiger charge is 2.14. The number of hydrogen-bond acceptors (Lipinski definition) is 1. The molecule has 0 heterocycles. The predicted octanol–water partition coefficient (Wildman–Crippen LogP) is 4.73. The zero-order chi connectivity index (χ0) is 14.9. The van der Waals surface area contributed by atoms with E-state index in [0.29, 0.717) is 5.92 Å². The van der Waals surface area contributed by atoms with Gasteiger partial charge in [0.2, 0.25) is 0 Å². The highest BCUT2D eigenvalue weighted by molar-refractivity contribution is 5.89. The molecule has 0 unspecified atom stereocenters. The molecule has 0 aromatic heterocycles. The molecule has 116 valence electrons. The number of nitrogens with one attached hydrogen (secondary N) is 2. The maximum Gasteiger partial charge on any atom is 0.319 e. The topological polar surface area (TPSA) is 41.1 Å². The Labute approximate surface area is 128 Å². The van der Waals surface area contributed by atoms with Gasteiger partial charge in [-0.2, -0.15) is 0 Å². The van der Waals surface area contributed by atoms with Gasteiger partial charge in [0, 0.05) is 12.2 Å². The lowest BCUT2D eigenvalue weighted by Gasteiger charge is -2.21. The first-order chi connectivity index (χ1) is 10.3. The normalized spacial score (nSPS) is 15.7. The van der Waals surface area contributed by atoms with Crippen molar-refractivity contribution in [1.29, 1.82) is 0 Å². The molecule has 3 heteroatoms. The fourth-order valence-electron chi connectivity index (χ4n) is 2.94. The van der Waals surface area contributed by atoms with Crippen LogP contribution in [0.5, 0.6) is 0 Å². The van der Waals surface area contributed by atoms with Crippen molar-refractivity contribution in [2.75, 3.05) is 11.9 Å². The molecule has 0 aliphatic heterocycles. The third kappa shape index (κ3) is 5.78. The average Bonchev–Trinajstić information content (AvgIpc) is 2.53. The lowest BCUT2D eigenvalue weighted by Crippen LogP contribution is -2.33. The minimum Gasteiger partial charge on any atom is -0.338 e. The van der Waals surface area contributed by atoms with E-state index < -0.39 is 0 Å². The van der Waals surface area contributed by atoms with Crippen molar-refractivity contribution < 1.29 is 4.79 Å². The zero-order valence-electron chi connectivity index (χ0n) is 13.2. The molecule has 21 heavy (non-hydrogen) atoms. The smallest absolute Gasteiger partial charge is 0.319 e. The SMILES string of the molecule is CCCCc1ccc(NC(=O)NCC2CCCCC2)cc1. The number of rotatable bonds is 6. The molecule has 0 atom stereocenters. The van der Waals surface area contributed by atoms with Crippen LogP contribution in [0.3, 0.4) is 0 Å². The first-order valence-electron chi connectivity index (χ1n) is 8.41. The fourth-order valence-corrected chi connectivity index (χ4v) is 2.94. The van der Waals surface area contributed by atoms with Crippen molar-refractivity contribution in [2.24, 2.45) is 5.92 Å². The van der Waals surface area contributed by atoms with Gasteiger partial charge in [-0.3, -0.25) is 0 Å². The van der Waals surface area contributed by atoms with Crippen LogP contribution in [-0.2, 0) is 6.42 Å². The Balaban J connectivity index is 1.71. The molecule has 0 spiro atoms. The van der Waals surface area contributed by atoms with E-state index in [-0.39, 0.29) is 6.03 Å². The number of urea groups is 1. The molecule has 0 bridgehead atoms. The van der Waals surface area contributed by atoms with Crippen LogP contribution >= 0.6 is 0 Å². The molecule has 0 saturated heterocycles. The average molecular weight is 288 g/mol. The number of benzene rings is 1. The molecule has 2 amide bonds. The Hall–Kier alpha value is -1.51. The summed E-state index contributed by atoms with van der Waals surface area (Å²) < 4.78 is 0. The number of carbonyl (C=O) groups excluding carboxylic acids is 1. The highest BCUT2D eigenvalue weighted by atomic mass is 16.2. The fraction of sp³-hybridized carbons (Fsp3) is 0.611. The van der Waals surface area contributed by atoms with Crippen LogP contribution in [0.1, 0.15) is 57.4 Å². The number of unbranched alkanes of at least 4 members (excludes halogenated alkanes) is 1. The van der Waals surface area contributed by atoms with Gasteiger partial charge in [-0.05, 0) is 49.3 Å². The quantitative estimate of drug-likeness (QED) is 0.780. The van der Waals surface area contributed by atoms with Gasteiger partial charge in [0.05, 0.1) is 0 Å². The predicted molar refractivity (Wildman–Crippen MR) is 88.7 cm³/mol. The Morgan fingerprint density at radius 3 is 2.52 bits per heavy atom. The van der Waals surface area contributed by atoms with E-state index in [2.05, 4.69) is 29.7 Å². The lowest BCUT2D eigenvalue weighted by atomic mass is 9.89. The lowest BCUT2D eigenvalue weighted by molar-refractivity contribution is 0.247. The Morgan fingerprint density at radius 2 is 1.86 bits per heavy atom. The second-order valence-electron chi connectivity index (χ2n) is 6.14. The summed E-state index contributed by atoms with van der Waals surface area (Å²) in [5.74, 6) is 0.668. The van der Waals surface area contributed by atoms with Crippen LogP contribution in [0.2, 0.25) is 0 Å². The number of hydrogen-bond donors (Lipinski definition) is 2. The summed E-state index contributed by atoms with van der Waals surface area (Å²) in [4.78, 5) is 11.9. The Morgan fingerprint density at radius 1 is 1.14 bits per heavy atom. The van der Waals surface area contributed by atoms with Crippen molar-refractivity contribution in [3.05, 3.63) is 29.8 Å². The molecule has 1 saturated carbocycles. The molecule has 1 aliphatic rings. The van der Waals surface area contributed by atoms with Crippen molar-refractivity contribution in [3.8, 4) is 0 Å². The maximum absolute atomic E-state index is 11.9. The molecular weight excluding hydrogens is 260 g/mol. The number of aryl methyl sites for hydroxylation is 1. The summed E-state index contributed by atoms with van der Waals surface area (Å²) >= 11 is 0. The van der Waals surface area contributed by atoms with Crippen LogP contribution in [-0.4, -0.2) is 12.6 Å². The van der Waals surface area contributed by atoms with E-state index in [1.165, 1.54) is 50.5 Å². The third-order valence-corrected chi connectivity index (χ3v) is 4.31. The monoisotopic (exact) mass is 288 g/mol. The number of carbonyl (C=O) groups is 1. The van der Waals surface area contributed by atoms with Gasteiger partial charge in [0.25, 0.3) is 0 Å². The molecule has 2 rings (SSSR count). The van der Waals surface area contributed by atoms with Crippen LogP contribution in [0.25, 0.3) is 0 Å². The van der Waals surface area contributed by atoms with Crippen LogP contribution in [0.15, 0.2) is 24.3 Å². The van der Waals surface area contributed by atoms with E-state index in [0.717, 1.165) is 18.7 Å². The first kappa shape index (κ1) is 15.9. The van der Waals surface area contributed by atoms with E-state index in [1.54, 1.807) is 0 Å². The second-order valence-corrected chi connectivity index (χ2v) is 6.14. The van der Waals surface area contributed by atoms with Crippen molar-refractivity contribution in [1.82, 2.24) is 5.32 Å². The standard InChI is InChI=1S/C18H28N2O/c1-2-3-7-15-10-12-17(13-11-15)20-18(21)19-14-16-8-5-4-6-9-16/h10-13,16H,2-9,14H2,1H3,(H2,19,20,21). The van der Waals surface area contributed by atoms with Gasteiger partial charge in [-0.1, -0.05) is 44.7 Å². The molecule has 1 aromatic carbocycles. The largest absolute Gasteiger partial charge is 0.338 e. The summed E-state index contributed by atoms with van der Waals surface area (Å²) in [5.41, 5.74) is 2.21.